The topological polar surface area (TPSA) is 50.4 Å². The Bertz CT molecular complexity index is 254. The van der Waals surface area contributed by atoms with E-state index in [0.717, 1.165) is 19.5 Å². The van der Waals surface area contributed by atoms with E-state index < -0.39 is 0 Å². The molecule has 1 amide bonds. The highest BCUT2D eigenvalue weighted by Gasteiger charge is 2.05. The zero-order valence-electron chi connectivity index (χ0n) is 9.33. The average Bonchev–Trinajstić information content (AvgIpc) is 2.28. The predicted octanol–water partition coefficient (Wildman–Crippen LogP) is 0.647. The summed E-state index contributed by atoms with van der Waals surface area (Å²) in [5.41, 5.74) is 1.28. The minimum atomic E-state index is -0.0729. The van der Waals surface area contributed by atoms with Crippen molar-refractivity contribution in [1.82, 2.24) is 10.6 Å². The maximum atomic E-state index is 11.2. The number of ether oxygens (including phenoxy) is 1. The van der Waals surface area contributed by atoms with Gasteiger partial charge >= 0.3 is 0 Å². The minimum absolute atomic E-state index is 0. The van der Waals surface area contributed by atoms with Crippen LogP contribution in [0.4, 0.5) is 0 Å². The third kappa shape index (κ3) is 6.61. The molecule has 0 saturated carbocycles. The van der Waals surface area contributed by atoms with Gasteiger partial charge in [-0.25, -0.2) is 0 Å². The molecule has 92 valence electrons. The van der Waals surface area contributed by atoms with Crippen molar-refractivity contribution in [3.8, 4) is 0 Å². The van der Waals surface area contributed by atoms with Crippen LogP contribution in [0.3, 0.4) is 0 Å². The van der Waals surface area contributed by atoms with Gasteiger partial charge in [0.25, 0.3) is 0 Å². The van der Waals surface area contributed by atoms with Gasteiger partial charge in [-0.3, -0.25) is 4.79 Å². The van der Waals surface area contributed by atoms with Crippen molar-refractivity contribution in [1.29, 1.82) is 0 Å². The van der Waals surface area contributed by atoms with E-state index in [1.807, 2.05) is 0 Å². The molecule has 16 heavy (non-hydrogen) atoms. The molecule has 0 bridgehead atoms. The molecule has 1 heterocycles. The Morgan fingerprint density at radius 2 is 2.50 bits per heavy atom. The first-order chi connectivity index (χ1) is 7.33. The number of hydrogen-bond donors (Lipinski definition) is 2. The van der Waals surface area contributed by atoms with E-state index in [0.29, 0.717) is 13.2 Å². The molecule has 0 aromatic rings. The van der Waals surface area contributed by atoms with Gasteiger partial charge in [0, 0.05) is 13.1 Å². The quantitative estimate of drug-likeness (QED) is 0.535. The Hall–Kier alpha value is -0.840. The van der Waals surface area contributed by atoms with E-state index in [2.05, 4.69) is 23.3 Å². The second-order valence-corrected chi connectivity index (χ2v) is 3.40. The number of nitrogens with one attached hydrogen (secondary N) is 2. The molecular formula is C11H19ClN2O2. The van der Waals surface area contributed by atoms with Crippen LogP contribution in [-0.2, 0) is 9.53 Å². The molecule has 0 aromatic carbocycles. The summed E-state index contributed by atoms with van der Waals surface area (Å²) >= 11 is 0. The van der Waals surface area contributed by atoms with Crippen LogP contribution >= 0.6 is 12.4 Å². The predicted molar refractivity (Wildman–Crippen MR) is 66.8 cm³/mol. The van der Waals surface area contributed by atoms with E-state index in [4.69, 9.17) is 4.74 Å². The van der Waals surface area contributed by atoms with Gasteiger partial charge in [0.15, 0.2) is 0 Å². The Kier molecular flexibility index (Phi) is 8.90. The number of halogens is 1. The Balaban J connectivity index is 0.00000225. The van der Waals surface area contributed by atoms with Crippen molar-refractivity contribution < 1.29 is 9.53 Å². The van der Waals surface area contributed by atoms with Gasteiger partial charge in [-0.15, -0.1) is 19.0 Å². The van der Waals surface area contributed by atoms with Crippen LogP contribution in [0.1, 0.15) is 6.42 Å². The highest BCUT2D eigenvalue weighted by Crippen LogP contribution is 2.01. The van der Waals surface area contributed by atoms with E-state index >= 15 is 0 Å². The molecule has 0 atom stereocenters. The van der Waals surface area contributed by atoms with Gasteiger partial charge in [0.1, 0.15) is 6.61 Å². The normalized spacial score (nSPS) is 14.6. The van der Waals surface area contributed by atoms with E-state index in [1.54, 1.807) is 6.08 Å². The minimum Gasteiger partial charge on any atom is -0.368 e. The number of rotatable bonds is 6. The van der Waals surface area contributed by atoms with Crippen LogP contribution in [0.15, 0.2) is 24.3 Å². The summed E-state index contributed by atoms with van der Waals surface area (Å²) in [6, 6.07) is 0. The third-order valence-electron chi connectivity index (χ3n) is 2.14. The van der Waals surface area contributed by atoms with Crippen molar-refractivity contribution in [2.45, 2.75) is 6.42 Å². The second-order valence-electron chi connectivity index (χ2n) is 3.40. The summed E-state index contributed by atoms with van der Waals surface area (Å²) in [6.45, 7) is 6.56. The standard InChI is InChI=1S/C11H18N2O2.ClH/c1-2-7-15-9-11(14)13-8-10-3-5-12-6-4-10;/h2-3,12H,1,4-9H2,(H,13,14);1H. The summed E-state index contributed by atoms with van der Waals surface area (Å²) in [6.07, 6.45) is 4.75. The van der Waals surface area contributed by atoms with Crippen LogP contribution in [0, 0.1) is 0 Å². The first-order valence-electron chi connectivity index (χ1n) is 5.17. The van der Waals surface area contributed by atoms with Gasteiger partial charge in [0.2, 0.25) is 5.91 Å². The van der Waals surface area contributed by atoms with Crippen molar-refractivity contribution in [2.24, 2.45) is 0 Å². The number of amides is 1. The fourth-order valence-electron chi connectivity index (χ4n) is 1.33. The van der Waals surface area contributed by atoms with Crippen LogP contribution in [0.25, 0.3) is 0 Å². The van der Waals surface area contributed by atoms with Gasteiger partial charge in [-0.2, -0.15) is 0 Å². The molecule has 1 rings (SSSR count). The molecule has 5 heteroatoms. The van der Waals surface area contributed by atoms with Gasteiger partial charge in [-0.1, -0.05) is 17.7 Å². The Morgan fingerprint density at radius 1 is 1.69 bits per heavy atom. The summed E-state index contributed by atoms with van der Waals surface area (Å²) in [7, 11) is 0. The molecule has 2 N–H and O–H groups in total. The molecule has 0 spiro atoms. The van der Waals surface area contributed by atoms with Crippen molar-refractivity contribution >= 4 is 18.3 Å². The first-order valence-corrected chi connectivity index (χ1v) is 5.17. The van der Waals surface area contributed by atoms with Crippen molar-refractivity contribution in [3.63, 3.8) is 0 Å². The van der Waals surface area contributed by atoms with Crippen LogP contribution < -0.4 is 10.6 Å². The third-order valence-corrected chi connectivity index (χ3v) is 2.14. The number of hydrogen-bond acceptors (Lipinski definition) is 3. The monoisotopic (exact) mass is 246 g/mol. The largest absolute Gasteiger partial charge is 0.368 e. The lowest BCUT2D eigenvalue weighted by molar-refractivity contribution is -0.125. The zero-order chi connectivity index (χ0) is 10.9. The summed E-state index contributed by atoms with van der Waals surface area (Å²) in [4.78, 5) is 11.2. The molecule has 0 fully saturated rings. The molecule has 1 aliphatic rings. The summed E-state index contributed by atoms with van der Waals surface area (Å²) in [5.74, 6) is -0.0729. The van der Waals surface area contributed by atoms with E-state index in [9.17, 15) is 4.79 Å². The molecule has 0 saturated heterocycles. The Morgan fingerprint density at radius 3 is 3.12 bits per heavy atom. The van der Waals surface area contributed by atoms with E-state index in [-0.39, 0.29) is 24.9 Å². The fraction of sp³-hybridized carbons (Fsp3) is 0.545. The molecular weight excluding hydrogens is 228 g/mol. The Labute approximate surface area is 103 Å². The molecule has 0 unspecified atom stereocenters. The number of carbonyl (C=O) groups excluding carboxylic acids is 1. The van der Waals surface area contributed by atoms with E-state index in [1.165, 1.54) is 5.57 Å². The zero-order valence-corrected chi connectivity index (χ0v) is 10.1. The van der Waals surface area contributed by atoms with Gasteiger partial charge < -0.3 is 15.4 Å². The average molecular weight is 247 g/mol. The first kappa shape index (κ1) is 15.2. The van der Waals surface area contributed by atoms with Gasteiger partial charge in [0.05, 0.1) is 6.61 Å². The maximum absolute atomic E-state index is 11.2. The molecule has 0 aliphatic carbocycles. The van der Waals surface area contributed by atoms with Crippen molar-refractivity contribution in [3.05, 3.63) is 24.3 Å². The SMILES string of the molecule is C=CCOCC(=O)NCC1=CCNCC1.Cl. The lowest BCUT2D eigenvalue weighted by Gasteiger charge is -2.14. The maximum Gasteiger partial charge on any atom is 0.246 e. The summed E-state index contributed by atoms with van der Waals surface area (Å²) < 4.78 is 5.02. The molecule has 4 nitrogen and oxygen atoms in total. The van der Waals surface area contributed by atoms with Crippen molar-refractivity contribution in [2.75, 3.05) is 32.8 Å². The lowest BCUT2D eigenvalue weighted by Crippen LogP contribution is -2.32. The smallest absolute Gasteiger partial charge is 0.246 e. The van der Waals surface area contributed by atoms with Crippen LogP contribution in [0.2, 0.25) is 0 Å². The summed E-state index contributed by atoms with van der Waals surface area (Å²) in [5, 5.41) is 6.04. The highest BCUT2D eigenvalue weighted by molar-refractivity contribution is 5.85. The molecule has 1 aliphatic heterocycles. The lowest BCUT2D eigenvalue weighted by atomic mass is 10.1. The highest BCUT2D eigenvalue weighted by atomic mass is 35.5. The van der Waals surface area contributed by atoms with Crippen LogP contribution in [0.5, 0.6) is 0 Å². The number of carbonyl (C=O) groups is 1. The fourth-order valence-corrected chi connectivity index (χ4v) is 1.33. The molecule has 0 radical (unpaired) electrons. The van der Waals surface area contributed by atoms with Gasteiger partial charge in [-0.05, 0) is 13.0 Å². The molecule has 0 aromatic heterocycles. The van der Waals surface area contributed by atoms with Crippen LogP contribution in [-0.4, -0.2) is 38.8 Å². The second kappa shape index (κ2) is 9.39.